The maximum absolute atomic E-state index is 5.72. The minimum absolute atomic E-state index is 0.343. The first-order valence-electron chi connectivity index (χ1n) is 10.4. The quantitative estimate of drug-likeness (QED) is 0.588. The molecule has 4 fully saturated rings. The molecule has 0 nitrogen and oxygen atoms in total. The number of rotatable bonds is 1. The van der Waals surface area contributed by atoms with E-state index in [-0.39, 0.29) is 0 Å². The van der Waals surface area contributed by atoms with Crippen molar-refractivity contribution in [3.63, 3.8) is 0 Å². The van der Waals surface area contributed by atoms with Gasteiger partial charge in [0.2, 0.25) is 0 Å². The van der Waals surface area contributed by atoms with Gasteiger partial charge in [-0.1, -0.05) is 47.9 Å². The monoisotopic (exact) mass is 360 g/mol. The fraction of sp³-hybridized carbons (Fsp3) is 0.357. The Labute approximate surface area is 168 Å². The van der Waals surface area contributed by atoms with Gasteiger partial charge in [0.1, 0.15) is 0 Å². The van der Waals surface area contributed by atoms with Gasteiger partial charge in [-0.15, -0.1) is 12.8 Å². The molecule has 0 heterocycles. The Morgan fingerprint density at radius 1 is 0.679 bits per heavy atom. The van der Waals surface area contributed by atoms with Crippen LogP contribution in [-0.2, 0) is 5.41 Å². The lowest BCUT2D eigenvalue weighted by Crippen LogP contribution is -2.48. The third-order valence-electron chi connectivity index (χ3n) is 7.23. The molecule has 0 aliphatic heterocycles. The third kappa shape index (κ3) is 2.75. The van der Waals surface area contributed by atoms with E-state index in [0.29, 0.717) is 5.41 Å². The second kappa shape index (κ2) is 6.62. The third-order valence-corrected chi connectivity index (χ3v) is 7.23. The molecule has 0 spiro atoms. The summed E-state index contributed by atoms with van der Waals surface area (Å²) in [5.41, 5.74) is 5.29. The van der Waals surface area contributed by atoms with Gasteiger partial charge < -0.3 is 0 Å². The van der Waals surface area contributed by atoms with Crippen LogP contribution in [0.4, 0.5) is 0 Å². The lowest BCUT2D eigenvalue weighted by atomic mass is 9.47. The molecule has 4 bridgehead atoms. The minimum Gasteiger partial charge on any atom is -0.115 e. The molecule has 136 valence electrons. The van der Waals surface area contributed by atoms with Gasteiger partial charge in [0.15, 0.2) is 0 Å². The van der Waals surface area contributed by atoms with Gasteiger partial charge in [0.05, 0.1) is 5.56 Å². The summed E-state index contributed by atoms with van der Waals surface area (Å²) in [4.78, 5) is 0. The summed E-state index contributed by atoms with van der Waals surface area (Å²) in [6.45, 7) is 0. The summed E-state index contributed by atoms with van der Waals surface area (Å²) < 4.78 is 0. The van der Waals surface area contributed by atoms with E-state index < -0.39 is 0 Å². The molecule has 2 aromatic rings. The molecule has 0 atom stereocenters. The maximum Gasteiger partial charge on any atom is 0.0555 e. The van der Waals surface area contributed by atoms with Crippen LogP contribution < -0.4 is 0 Å². The van der Waals surface area contributed by atoms with Crippen LogP contribution in [0.2, 0.25) is 0 Å². The second-order valence-electron chi connectivity index (χ2n) is 9.01. The van der Waals surface area contributed by atoms with E-state index in [4.69, 9.17) is 12.8 Å². The topological polar surface area (TPSA) is 0 Å². The first-order chi connectivity index (χ1) is 13.7. The van der Waals surface area contributed by atoms with E-state index in [2.05, 4.69) is 47.9 Å². The standard InChI is InChI=1S/C28H24/c1-3-23-9-7-10-24(26(23)4-2)12-13-25-8-5-6-11-27(25)28-17-20-14-21(18-28)16-22(15-20)19-28/h1-2,5-11,20-22H,14-19H2. The molecular weight excluding hydrogens is 336 g/mol. The minimum atomic E-state index is 0.343. The molecule has 4 aliphatic rings. The van der Waals surface area contributed by atoms with Crippen molar-refractivity contribution in [2.24, 2.45) is 17.8 Å². The highest BCUT2D eigenvalue weighted by molar-refractivity contribution is 5.60. The van der Waals surface area contributed by atoms with Crippen LogP contribution in [-0.4, -0.2) is 0 Å². The van der Waals surface area contributed by atoms with Crippen LogP contribution in [0.1, 0.15) is 66.3 Å². The molecule has 0 aromatic heterocycles. The Morgan fingerprint density at radius 2 is 1.25 bits per heavy atom. The maximum atomic E-state index is 5.72. The highest BCUT2D eigenvalue weighted by Crippen LogP contribution is 2.61. The zero-order valence-corrected chi connectivity index (χ0v) is 16.2. The Morgan fingerprint density at radius 3 is 1.89 bits per heavy atom. The van der Waals surface area contributed by atoms with E-state index in [9.17, 15) is 0 Å². The molecule has 4 aliphatic carbocycles. The highest BCUT2D eigenvalue weighted by atomic mass is 14.6. The van der Waals surface area contributed by atoms with Crippen LogP contribution in [0.15, 0.2) is 42.5 Å². The van der Waals surface area contributed by atoms with Crippen LogP contribution in [0.5, 0.6) is 0 Å². The molecule has 0 N–H and O–H groups in total. The summed E-state index contributed by atoms with van der Waals surface area (Å²) in [6, 6.07) is 14.6. The zero-order chi connectivity index (χ0) is 19.1. The Bertz CT molecular complexity index is 1040. The Balaban J connectivity index is 1.57. The zero-order valence-electron chi connectivity index (χ0n) is 16.2. The average Bonchev–Trinajstić information content (AvgIpc) is 2.71. The first kappa shape index (κ1) is 17.2. The lowest BCUT2D eigenvalue weighted by Gasteiger charge is -2.57. The molecule has 28 heavy (non-hydrogen) atoms. The largest absolute Gasteiger partial charge is 0.115 e. The normalized spacial score (nSPS) is 29.4. The summed E-state index contributed by atoms with van der Waals surface area (Å²) in [5.74, 6) is 15.0. The first-order valence-corrected chi connectivity index (χ1v) is 10.4. The van der Waals surface area contributed by atoms with Crippen molar-refractivity contribution in [3.8, 4) is 36.5 Å². The molecule has 0 amide bonds. The molecule has 4 saturated carbocycles. The van der Waals surface area contributed by atoms with Crippen molar-refractivity contribution in [2.75, 3.05) is 0 Å². The van der Waals surface area contributed by atoms with Crippen LogP contribution in [0.25, 0.3) is 0 Å². The van der Waals surface area contributed by atoms with E-state index >= 15 is 0 Å². The fourth-order valence-electron chi connectivity index (χ4n) is 6.56. The number of terminal acetylenes is 2. The van der Waals surface area contributed by atoms with E-state index in [1.165, 1.54) is 49.7 Å². The van der Waals surface area contributed by atoms with Gasteiger partial charge in [0.25, 0.3) is 0 Å². The smallest absolute Gasteiger partial charge is 0.0555 e. The van der Waals surface area contributed by atoms with Crippen molar-refractivity contribution < 1.29 is 0 Å². The van der Waals surface area contributed by atoms with Crippen molar-refractivity contribution in [2.45, 2.75) is 43.9 Å². The Kier molecular flexibility index (Phi) is 4.08. The average molecular weight is 361 g/mol. The Hall–Kier alpha value is -2.88. The van der Waals surface area contributed by atoms with Gasteiger partial charge in [-0.05, 0) is 85.5 Å². The van der Waals surface area contributed by atoms with Crippen LogP contribution >= 0.6 is 0 Å². The number of hydrogen-bond donors (Lipinski definition) is 0. The SMILES string of the molecule is C#Cc1cccc(C#Cc2ccccc2C23CC4CC(CC(C4)C2)C3)c1C#C. The summed E-state index contributed by atoms with van der Waals surface area (Å²) >= 11 is 0. The lowest BCUT2D eigenvalue weighted by molar-refractivity contribution is -0.00529. The van der Waals surface area contributed by atoms with Crippen molar-refractivity contribution in [1.29, 1.82) is 0 Å². The van der Waals surface area contributed by atoms with Crippen molar-refractivity contribution in [3.05, 3.63) is 70.3 Å². The summed E-state index contributed by atoms with van der Waals surface area (Å²) in [7, 11) is 0. The molecular formula is C28H24. The molecule has 0 radical (unpaired) electrons. The van der Waals surface area contributed by atoms with Crippen molar-refractivity contribution in [1.82, 2.24) is 0 Å². The molecule has 0 saturated heterocycles. The number of hydrogen-bond acceptors (Lipinski definition) is 0. The fourth-order valence-corrected chi connectivity index (χ4v) is 6.56. The number of benzene rings is 2. The van der Waals surface area contributed by atoms with Gasteiger partial charge in [-0.2, -0.15) is 0 Å². The van der Waals surface area contributed by atoms with Crippen LogP contribution in [0.3, 0.4) is 0 Å². The molecule has 0 unspecified atom stereocenters. The van der Waals surface area contributed by atoms with Gasteiger partial charge in [-0.25, -0.2) is 0 Å². The van der Waals surface area contributed by atoms with Crippen molar-refractivity contribution >= 4 is 0 Å². The second-order valence-corrected chi connectivity index (χ2v) is 9.01. The summed E-state index contributed by atoms with van der Waals surface area (Å²) in [5, 5.41) is 0. The van der Waals surface area contributed by atoms with E-state index in [0.717, 1.165) is 34.4 Å². The molecule has 2 aromatic carbocycles. The highest BCUT2D eigenvalue weighted by Gasteiger charge is 2.52. The van der Waals surface area contributed by atoms with E-state index in [1.54, 1.807) is 0 Å². The van der Waals surface area contributed by atoms with E-state index in [1.807, 2.05) is 18.2 Å². The molecule has 0 heteroatoms. The van der Waals surface area contributed by atoms with Gasteiger partial charge >= 0.3 is 0 Å². The predicted molar refractivity (Wildman–Crippen MR) is 115 cm³/mol. The van der Waals surface area contributed by atoms with Gasteiger partial charge in [-0.3, -0.25) is 0 Å². The molecule has 6 rings (SSSR count). The predicted octanol–water partition coefficient (Wildman–Crippen LogP) is 5.52. The van der Waals surface area contributed by atoms with Crippen LogP contribution in [0, 0.1) is 54.3 Å². The summed E-state index contributed by atoms with van der Waals surface area (Å²) in [6.07, 6.45) is 19.7. The van der Waals surface area contributed by atoms with Gasteiger partial charge in [0, 0.05) is 16.7 Å².